The van der Waals surface area contributed by atoms with Crippen molar-refractivity contribution in [2.24, 2.45) is 5.16 Å². The quantitative estimate of drug-likeness (QED) is 0.497. The molecule has 0 spiro atoms. The minimum atomic E-state index is -0.872. The second-order valence-corrected chi connectivity index (χ2v) is 4.88. The second-order valence-electron chi connectivity index (χ2n) is 4.88. The van der Waals surface area contributed by atoms with Crippen molar-refractivity contribution >= 4 is 17.7 Å². The van der Waals surface area contributed by atoms with E-state index in [1.807, 2.05) is 0 Å². The Kier molecular flexibility index (Phi) is 3.48. The standard InChI is InChI=1S/C14H15NO5/c1-8(15-20-9(2)16)11-7-10(3-4-12(11)17)14(5-6-14)13(18)19/h3-4,7,17H,5-6H2,1-2H3,(H,18,19)/b15-8-. The van der Waals surface area contributed by atoms with E-state index < -0.39 is 17.4 Å². The number of hydrogen-bond donors (Lipinski definition) is 2. The Morgan fingerprint density at radius 1 is 1.30 bits per heavy atom. The Morgan fingerprint density at radius 2 is 1.95 bits per heavy atom. The summed E-state index contributed by atoms with van der Waals surface area (Å²) in [6.45, 7) is 2.79. The number of carbonyl (C=O) groups excluding carboxylic acids is 1. The van der Waals surface area contributed by atoms with Crippen LogP contribution < -0.4 is 0 Å². The highest BCUT2D eigenvalue weighted by molar-refractivity contribution is 6.01. The number of carboxylic acid groups (broad SMARTS) is 1. The first-order chi connectivity index (χ1) is 9.36. The number of benzene rings is 1. The molecule has 0 aromatic heterocycles. The maximum Gasteiger partial charge on any atom is 0.331 e. The lowest BCUT2D eigenvalue weighted by Crippen LogP contribution is -2.19. The normalized spacial score (nSPS) is 16.6. The third-order valence-electron chi connectivity index (χ3n) is 3.41. The summed E-state index contributed by atoms with van der Waals surface area (Å²) in [6, 6.07) is 4.61. The average molecular weight is 277 g/mol. The molecule has 6 nitrogen and oxygen atoms in total. The van der Waals surface area contributed by atoms with Gasteiger partial charge in [0.25, 0.3) is 0 Å². The summed E-state index contributed by atoms with van der Waals surface area (Å²) < 4.78 is 0. The molecule has 0 aliphatic heterocycles. The van der Waals surface area contributed by atoms with Crippen molar-refractivity contribution in [3.63, 3.8) is 0 Å². The average Bonchev–Trinajstić information content (AvgIpc) is 3.18. The van der Waals surface area contributed by atoms with Gasteiger partial charge in [0.05, 0.1) is 11.1 Å². The SMILES string of the molecule is CC(=O)O/N=C(/C)c1cc(C2(C(=O)O)CC2)ccc1O. The first kappa shape index (κ1) is 14.0. The molecule has 6 heteroatoms. The van der Waals surface area contributed by atoms with Gasteiger partial charge in [-0.25, -0.2) is 4.79 Å². The number of nitrogens with zero attached hydrogens (tertiary/aromatic N) is 1. The van der Waals surface area contributed by atoms with Gasteiger partial charge in [0.15, 0.2) is 0 Å². The Bertz CT molecular complexity index is 602. The van der Waals surface area contributed by atoms with E-state index >= 15 is 0 Å². The number of carboxylic acids is 1. The van der Waals surface area contributed by atoms with Gasteiger partial charge >= 0.3 is 11.9 Å². The molecule has 0 heterocycles. The van der Waals surface area contributed by atoms with E-state index in [0.29, 0.717) is 29.7 Å². The van der Waals surface area contributed by atoms with Crippen molar-refractivity contribution in [1.29, 1.82) is 0 Å². The molecule has 0 bridgehead atoms. The molecule has 1 aromatic carbocycles. The van der Waals surface area contributed by atoms with Crippen LogP contribution in [0.5, 0.6) is 5.75 Å². The number of phenolic OH excluding ortho intramolecular Hbond substituents is 1. The van der Waals surface area contributed by atoms with Crippen molar-refractivity contribution in [3.05, 3.63) is 29.3 Å². The highest BCUT2D eigenvalue weighted by Gasteiger charge is 2.51. The summed E-state index contributed by atoms with van der Waals surface area (Å²) in [6.07, 6.45) is 1.15. The molecular weight excluding hydrogens is 262 g/mol. The van der Waals surface area contributed by atoms with Crippen molar-refractivity contribution in [2.45, 2.75) is 32.1 Å². The van der Waals surface area contributed by atoms with Crippen LogP contribution in [0.4, 0.5) is 0 Å². The number of rotatable bonds is 4. The molecule has 0 unspecified atom stereocenters. The largest absolute Gasteiger partial charge is 0.507 e. The first-order valence-electron chi connectivity index (χ1n) is 6.16. The maximum atomic E-state index is 11.3. The Labute approximate surface area is 115 Å². The number of phenols is 1. The van der Waals surface area contributed by atoms with Gasteiger partial charge in [-0.05, 0) is 37.5 Å². The van der Waals surface area contributed by atoms with Gasteiger partial charge in [0, 0.05) is 12.5 Å². The molecule has 1 fully saturated rings. The zero-order valence-electron chi connectivity index (χ0n) is 11.2. The van der Waals surface area contributed by atoms with Crippen molar-refractivity contribution < 1.29 is 24.6 Å². The number of carbonyl (C=O) groups is 2. The monoisotopic (exact) mass is 277 g/mol. The van der Waals surface area contributed by atoms with Gasteiger partial charge in [-0.3, -0.25) is 4.79 Å². The third kappa shape index (κ3) is 2.49. The zero-order chi connectivity index (χ0) is 14.9. The molecule has 1 aromatic rings. The highest BCUT2D eigenvalue weighted by atomic mass is 16.7. The van der Waals surface area contributed by atoms with Crippen molar-refractivity contribution in [3.8, 4) is 5.75 Å². The fraction of sp³-hybridized carbons (Fsp3) is 0.357. The summed E-state index contributed by atoms with van der Waals surface area (Å²) in [5.41, 5.74) is 0.427. The van der Waals surface area contributed by atoms with E-state index in [1.165, 1.54) is 13.0 Å². The van der Waals surface area contributed by atoms with Crippen LogP contribution in [0.15, 0.2) is 23.4 Å². The molecule has 2 N–H and O–H groups in total. The fourth-order valence-electron chi connectivity index (χ4n) is 2.06. The van der Waals surface area contributed by atoms with E-state index in [-0.39, 0.29) is 5.75 Å². The minimum Gasteiger partial charge on any atom is -0.507 e. The molecule has 1 saturated carbocycles. The Morgan fingerprint density at radius 3 is 2.45 bits per heavy atom. The molecule has 20 heavy (non-hydrogen) atoms. The number of oxime groups is 1. The van der Waals surface area contributed by atoms with Crippen LogP contribution in [-0.4, -0.2) is 27.9 Å². The van der Waals surface area contributed by atoms with Crippen LogP contribution in [-0.2, 0) is 19.8 Å². The molecule has 106 valence electrons. The van der Waals surface area contributed by atoms with Crippen LogP contribution in [0.1, 0.15) is 37.8 Å². The van der Waals surface area contributed by atoms with Crippen LogP contribution in [0.2, 0.25) is 0 Å². The lowest BCUT2D eigenvalue weighted by molar-refractivity contribution is -0.141. The van der Waals surface area contributed by atoms with Gasteiger partial charge in [-0.1, -0.05) is 11.2 Å². The van der Waals surface area contributed by atoms with Crippen molar-refractivity contribution in [1.82, 2.24) is 0 Å². The third-order valence-corrected chi connectivity index (χ3v) is 3.41. The summed E-state index contributed by atoms with van der Waals surface area (Å²) >= 11 is 0. The van der Waals surface area contributed by atoms with Gasteiger partial charge in [-0.15, -0.1) is 0 Å². The Hall–Kier alpha value is -2.37. The van der Waals surface area contributed by atoms with Crippen LogP contribution in [0.3, 0.4) is 0 Å². The molecular formula is C14H15NO5. The van der Waals surface area contributed by atoms with Gasteiger partial charge in [0.1, 0.15) is 5.75 Å². The van der Waals surface area contributed by atoms with E-state index in [2.05, 4.69) is 9.99 Å². The topological polar surface area (TPSA) is 96.2 Å². The molecule has 0 atom stereocenters. The smallest absolute Gasteiger partial charge is 0.331 e. The zero-order valence-corrected chi connectivity index (χ0v) is 11.2. The van der Waals surface area contributed by atoms with E-state index in [9.17, 15) is 19.8 Å². The van der Waals surface area contributed by atoms with Gasteiger partial charge in [-0.2, -0.15) is 0 Å². The predicted octanol–water partition coefficient (Wildman–Crippen LogP) is 1.80. The van der Waals surface area contributed by atoms with Crippen LogP contribution in [0.25, 0.3) is 0 Å². The molecule has 0 amide bonds. The number of hydrogen-bond acceptors (Lipinski definition) is 5. The number of aromatic hydroxyl groups is 1. The maximum absolute atomic E-state index is 11.3. The van der Waals surface area contributed by atoms with E-state index in [1.54, 1.807) is 19.1 Å². The summed E-state index contributed by atoms with van der Waals surface area (Å²) in [4.78, 5) is 26.5. The fourth-order valence-corrected chi connectivity index (χ4v) is 2.06. The van der Waals surface area contributed by atoms with E-state index in [0.717, 1.165) is 0 Å². The Balaban J connectivity index is 2.37. The minimum absolute atomic E-state index is 0.0386. The highest BCUT2D eigenvalue weighted by Crippen LogP contribution is 2.49. The lowest BCUT2D eigenvalue weighted by Gasteiger charge is -2.12. The predicted molar refractivity (Wildman–Crippen MR) is 70.6 cm³/mol. The molecule has 0 radical (unpaired) electrons. The first-order valence-corrected chi connectivity index (χ1v) is 6.16. The van der Waals surface area contributed by atoms with E-state index in [4.69, 9.17) is 0 Å². The van der Waals surface area contributed by atoms with Gasteiger partial charge < -0.3 is 15.1 Å². The summed E-state index contributed by atoms with van der Waals surface area (Å²) in [5, 5.41) is 22.7. The van der Waals surface area contributed by atoms with Crippen LogP contribution in [0, 0.1) is 0 Å². The number of aliphatic carboxylic acids is 1. The lowest BCUT2D eigenvalue weighted by atomic mass is 9.93. The second kappa shape index (κ2) is 4.96. The van der Waals surface area contributed by atoms with Crippen molar-refractivity contribution in [2.75, 3.05) is 0 Å². The van der Waals surface area contributed by atoms with Gasteiger partial charge in [0.2, 0.25) is 0 Å². The molecule has 1 aliphatic carbocycles. The van der Waals surface area contributed by atoms with Crippen LogP contribution >= 0.6 is 0 Å². The molecule has 0 saturated heterocycles. The summed E-state index contributed by atoms with van der Waals surface area (Å²) in [7, 11) is 0. The summed E-state index contributed by atoms with van der Waals surface area (Å²) in [5.74, 6) is -1.48. The molecule has 2 rings (SSSR count). The molecule has 1 aliphatic rings.